The van der Waals surface area contributed by atoms with Crippen molar-refractivity contribution in [3.05, 3.63) is 40.8 Å². The fourth-order valence-corrected chi connectivity index (χ4v) is 1.42. The van der Waals surface area contributed by atoms with Crippen molar-refractivity contribution in [2.75, 3.05) is 0 Å². The average molecular weight is 281 g/mol. The van der Waals surface area contributed by atoms with Crippen LogP contribution in [0, 0.1) is 0 Å². The smallest absolute Gasteiger partial charge is 0.238 e. The van der Waals surface area contributed by atoms with Crippen LogP contribution in [0.4, 0.5) is 0 Å². The lowest BCUT2D eigenvalue weighted by Gasteiger charge is -2.03. The zero-order valence-electron chi connectivity index (χ0n) is 8.30. The van der Waals surface area contributed by atoms with Gasteiger partial charge in [-0.15, -0.1) is 5.10 Å². The topological polar surface area (TPSA) is 73.9 Å². The summed E-state index contributed by atoms with van der Waals surface area (Å²) < 4.78 is 6.30. The van der Waals surface area contributed by atoms with Gasteiger partial charge in [-0.05, 0) is 28.1 Å². The minimum Gasteiger partial charge on any atom is -0.436 e. The molecule has 0 aliphatic rings. The molecule has 2 aromatic heterocycles. The summed E-state index contributed by atoms with van der Waals surface area (Å²) in [4.78, 5) is 3.97. The highest BCUT2D eigenvalue weighted by atomic mass is 79.9. The van der Waals surface area contributed by atoms with Crippen LogP contribution in [0.1, 0.15) is 5.69 Å². The Morgan fingerprint density at radius 2 is 2.12 bits per heavy atom. The Morgan fingerprint density at radius 1 is 1.25 bits per heavy atom. The highest BCUT2D eigenvalue weighted by molar-refractivity contribution is 9.10. The maximum atomic E-state index is 5.45. The Balaban J connectivity index is 2.14. The molecule has 0 unspecified atom stereocenters. The predicted molar refractivity (Wildman–Crippen MR) is 61.9 cm³/mol. The molecule has 2 rings (SSSR count). The van der Waals surface area contributed by atoms with Crippen LogP contribution in [0.2, 0.25) is 0 Å². The number of aromatic nitrogens is 3. The molecule has 6 heteroatoms. The molecule has 2 N–H and O–H groups in total. The number of hydrogen-bond donors (Lipinski definition) is 1. The number of nitrogens with two attached hydrogens (primary N) is 1. The van der Waals surface area contributed by atoms with E-state index in [4.69, 9.17) is 10.5 Å². The zero-order chi connectivity index (χ0) is 11.4. The highest BCUT2D eigenvalue weighted by Crippen LogP contribution is 2.20. The van der Waals surface area contributed by atoms with Crippen molar-refractivity contribution >= 4 is 15.9 Å². The zero-order valence-corrected chi connectivity index (χ0v) is 9.89. The fraction of sp³-hybridized carbons (Fsp3) is 0.100. The summed E-state index contributed by atoms with van der Waals surface area (Å²) in [6.07, 6.45) is 3.28. The molecule has 0 aliphatic heterocycles. The third-order valence-corrected chi connectivity index (χ3v) is 2.24. The number of nitrogens with zero attached hydrogens (tertiary/aromatic N) is 3. The van der Waals surface area contributed by atoms with Gasteiger partial charge in [0.25, 0.3) is 0 Å². The van der Waals surface area contributed by atoms with Gasteiger partial charge in [-0.1, -0.05) is 0 Å². The van der Waals surface area contributed by atoms with Crippen LogP contribution in [-0.2, 0) is 6.54 Å². The molecule has 0 spiro atoms. The Hall–Kier alpha value is -1.53. The minimum atomic E-state index is 0.367. The van der Waals surface area contributed by atoms with E-state index in [-0.39, 0.29) is 0 Å². The van der Waals surface area contributed by atoms with Gasteiger partial charge in [-0.2, -0.15) is 5.10 Å². The summed E-state index contributed by atoms with van der Waals surface area (Å²) in [5.74, 6) is 1.02. The molecule has 0 amide bonds. The van der Waals surface area contributed by atoms with E-state index in [1.807, 2.05) is 0 Å². The summed E-state index contributed by atoms with van der Waals surface area (Å²) in [5, 5.41) is 7.76. The number of halogens is 1. The summed E-state index contributed by atoms with van der Waals surface area (Å²) in [7, 11) is 0. The maximum absolute atomic E-state index is 5.45. The number of hydrogen-bond acceptors (Lipinski definition) is 5. The Morgan fingerprint density at radius 3 is 2.75 bits per heavy atom. The second kappa shape index (κ2) is 5.00. The van der Waals surface area contributed by atoms with Gasteiger partial charge < -0.3 is 10.5 Å². The Bertz CT molecular complexity index is 475. The molecule has 2 aromatic rings. The van der Waals surface area contributed by atoms with E-state index in [0.717, 1.165) is 10.2 Å². The minimum absolute atomic E-state index is 0.367. The van der Waals surface area contributed by atoms with E-state index < -0.39 is 0 Å². The van der Waals surface area contributed by atoms with Crippen molar-refractivity contribution in [1.29, 1.82) is 0 Å². The lowest BCUT2D eigenvalue weighted by Crippen LogP contribution is -2.01. The first kappa shape index (κ1) is 11.0. The van der Waals surface area contributed by atoms with Crippen molar-refractivity contribution in [3.8, 4) is 11.6 Å². The standard InChI is InChI=1S/C10H9BrN4O/c11-7-3-9(6-13-5-7)16-10-2-1-8(4-12)14-15-10/h1-3,5-6H,4,12H2. The molecule has 82 valence electrons. The average Bonchev–Trinajstić information content (AvgIpc) is 2.30. The molecule has 16 heavy (non-hydrogen) atoms. The lowest BCUT2D eigenvalue weighted by molar-refractivity contribution is 0.451. The summed E-state index contributed by atoms with van der Waals surface area (Å²) in [6.45, 7) is 0.367. The number of rotatable bonds is 3. The third kappa shape index (κ3) is 2.74. The van der Waals surface area contributed by atoms with Gasteiger partial charge in [0.1, 0.15) is 5.75 Å². The van der Waals surface area contributed by atoms with E-state index >= 15 is 0 Å². The molecular formula is C10H9BrN4O. The van der Waals surface area contributed by atoms with E-state index in [2.05, 4.69) is 31.1 Å². The van der Waals surface area contributed by atoms with E-state index in [1.54, 1.807) is 30.6 Å². The molecule has 0 aliphatic carbocycles. The first-order valence-electron chi connectivity index (χ1n) is 4.59. The van der Waals surface area contributed by atoms with Gasteiger partial charge in [0.15, 0.2) is 0 Å². The quantitative estimate of drug-likeness (QED) is 0.929. The van der Waals surface area contributed by atoms with Crippen molar-refractivity contribution < 1.29 is 4.74 Å². The largest absolute Gasteiger partial charge is 0.436 e. The lowest BCUT2D eigenvalue weighted by atomic mass is 10.4. The third-order valence-electron chi connectivity index (χ3n) is 1.81. The molecule has 2 heterocycles. The molecule has 5 nitrogen and oxygen atoms in total. The Kier molecular flexibility index (Phi) is 3.43. The molecule has 0 radical (unpaired) electrons. The normalized spacial score (nSPS) is 10.1. The van der Waals surface area contributed by atoms with Crippen molar-refractivity contribution in [1.82, 2.24) is 15.2 Å². The van der Waals surface area contributed by atoms with Crippen LogP contribution in [0.5, 0.6) is 11.6 Å². The van der Waals surface area contributed by atoms with Gasteiger partial charge >= 0.3 is 0 Å². The first-order chi connectivity index (χ1) is 7.78. The van der Waals surface area contributed by atoms with Crippen LogP contribution in [0.15, 0.2) is 35.1 Å². The number of pyridine rings is 1. The van der Waals surface area contributed by atoms with Gasteiger partial charge in [-0.3, -0.25) is 4.98 Å². The first-order valence-corrected chi connectivity index (χ1v) is 5.38. The number of ether oxygens (including phenoxy) is 1. The monoisotopic (exact) mass is 280 g/mol. The second-order valence-corrected chi connectivity index (χ2v) is 3.92. The fourth-order valence-electron chi connectivity index (χ4n) is 1.08. The van der Waals surface area contributed by atoms with Crippen LogP contribution >= 0.6 is 15.9 Å². The van der Waals surface area contributed by atoms with Crippen molar-refractivity contribution in [2.24, 2.45) is 5.73 Å². The van der Waals surface area contributed by atoms with Crippen LogP contribution in [0.3, 0.4) is 0 Å². The second-order valence-electron chi connectivity index (χ2n) is 3.01. The van der Waals surface area contributed by atoms with Crippen LogP contribution in [-0.4, -0.2) is 15.2 Å². The highest BCUT2D eigenvalue weighted by Gasteiger charge is 2.00. The van der Waals surface area contributed by atoms with Crippen LogP contribution < -0.4 is 10.5 Å². The predicted octanol–water partition coefficient (Wildman–Crippen LogP) is 1.89. The molecule has 0 atom stereocenters. The van der Waals surface area contributed by atoms with Gasteiger partial charge in [0.2, 0.25) is 5.88 Å². The molecule has 0 bridgehead atoms. The van der Waals surface area contributed by atoms with Gasteiger partial charge in [0, 0.05) is 23.3 Å². The van der Waals surface area contributed by atoms with E-state index in [9.17, 15) is 0 Å². The molecule has 0 aromatic carbocycles. The molecular weight excluding hydrogens is 272 g/mol. The Labute approximate surface area is 101 Å². The molecule has 0 saturated carbocycles. The summed E-state index contributed by atoms with van der Waals surface area (Å²) in [6, 6.07) is 5.29. The van der Waals surface area contributed by atoms with Gasteiger partial charge in [-0.25, -0.2) is 0 Å². The van der Waals surface area contributed by atoms with E-state index in [0.29, 0.717) is 18.2 Å². The van der Waals surface area contributed by atoms with Crippen molar-refractivity contribution in [3.63, 3.8) is 0 Å². The van der Waals surface area contributed by atoms with Gasteiger partial charge in [0.05, 0.1) is 11.9 Å². The van der Waals surface area contributed by atoms with E-state index in [1.165, 1.54) is 0 Å². The SMILES string of the molecule is NCc1ccc(Oc2cncc(Br)c2)nn1. The summed E-state index contributed by atoms with van der Waals surface area (Å²) >= 11 is 3.30. The van der Waals surface area contributed by atoms with Crippen LogP contribution in [0.25, 0.3) is 0 Å². The van der Waals surface area contributed by atoms with Crippen molar-refractivity contribution in [2.45, 2.75) is 6.54 Å². The molecule has 0 saturated heterocycles. The summed E-state index contributed by atoms with van der Waals surface area (Å²) in [5.41, 5.74) is 6.13. The maximum Gasteiger partial charge on any atom is 0.238 e. The molecule has 0 fully saturated rings.